The molecule has 0 atom stereocenters. The molecule has 0 aromatic rings. The van der Waals surface area contributed by atoms with Gasteiger partial charge in [-0.25, -0.2) is 0 Å². The molecule has 0 N–H and O–H groups in total. The second-order valence-electron chi connectivity index (χ2n) is 3.53. The van der Waals surface area contributed by atoms with Gasteiger partial charge in [0.2, 0.25) is 0 Å². The summed E-state index contributed by atoms with van der Waals surface area (Å²) in [6.45, 7) is 0. The molecule has 0 unspecified atom stereocenters. The first kappa shape index (κ1) is 14.0. The maximum absolute atomic E-state index is 2.15. The van der Waals surface area contributed by atoms with Crippen molar-refractivity contribution in [3.63, 3.8) is 0 Å². The van der Waals surface area contributed by atoms with Crippen molar-refractivity contribution in [2.24, 2.45) is 0 Å². The number of rotatable bonds is 0. The Morgan fingerprint density at radius 2 is 1.11 bits per heavy atom. The van der Waals surface area contributed by atoms with E-state index in [0.717, 1.165) is 0 Å². The topological polar surface area (TPSA) is 0 Å². The van der Waals surface area contributed by atoms with Crippen molar-refractivity contribution < 1.29 is 0 Å². The zero-order valence-corrected chi connectivity index (χ0v) is 17.4. The molecule has 4 aliphatic rings. The molecule has 0 aromatic carbocycles. The molecule has 0 spiro atoms. The Labute approximate surface area is 145 Å². The van der Waals surface area contributed by atoms with Gasteiger partial charge < -0.3 is 0 Å². The van der Waals surface area contributed by atoms with Gasteiger partial charge in [-0.1, -0.05) is 0 Å². The van der Waals surface area contributed by atoms with Crippen molar-refractivity contribution in [1.82, 2.24) is 0 Å². The Balaban J connectivity index is 1.54. The fourth-order valence-corrected chi connectivity index (χ4v) is 20.6. The van der Waals surface area contributed by atoms with Crippen LogP contribution in [-0.4, -0.2) is 52.9 Å². The summed E-state index contributed by atoms with van der Waals surface area (Å²) in [5.41, 5.74) is 0. The molecule has 0 amide bonds. The van der Waals surface area contributed by atoms with Crippen LogP contribution in [0.1, 0.15) is 0 Å². The van der Waals surface area contributed by atoms with Crippen LogP contribution in [0.15, 0.2) is 23.7 Å². The average Bonchev–Trinajstić information content (AvgIpc) is 3.02. The first-order chi connectivity index (χ1) is 8.90. The fourth-order valence-electron chi connectivity index (χ4n) is 1.60. The molecule has 0 radical (unpaired) electrons. The van der Waals surface area contributed by atoms with Crippen LogP contribution in [0.4, 0.5) is 0 Å². The van der Waals surface area contributed by atoms with Gasteiger partial charge in [-0.2, -0.15) is 0 Å². The van der Waals surface area contributed by atoms with E-state index in [1.807, 2.05) is 3.37 Å². The molecular weight excluding hydrogens is 471 g/mol. The van der Waals surface area contributed by atoms with Crippen LogP contribution in [0.3, 0.4) is 0 Å². The van der Waals surface area contributed by atoms with Gasteiger partial charge in [-0.05, 0) is 0 Å². The zero-order valence-electron chi connectivity index (χ0n) is 9.09. The molecule has 18 heavy (non-hydrogen) atoms. The van der Waals surface area contributed by atoms with Gasteiger partial charge in [0.05, 0.1) is 0 Å². The van der Waals surface area contributed by atoms with Crippen molar-refractivity contribution >= 4 is 100 Å². The normalized spacial score (nSPS) is 28.0. The van der Waals surface area contributed by atoms with Crippen LogP contribution < -0.4 is 0 Å². The van der Waals surface area contributed by atoms with E-state index in [1.165, 1.54) is 23.0 Å². The molecule has 4 heterocycles. The number of thioether (sulfide) groups is 6. The SMILES string of the molecule is C1CSC2=C(S1)S[13C](=C1[Se]C3=C(SCCS3)[Se]1)S2. The van der Waals surface area contributed by atoms with Crippen molar-refractivity contribution in [1.29, 1.82) is 0 Å². The minimum atomic E-state index is 0.673. The maximum atomic E-state index is 2.15. The van der Waals surface area contributed by atoms with E-state index >= 15 is 0 Å². The van der Waals surface area contributed by atoms with Crippen LogP contribution in [0, 0.1) is 0 Å². The Hall–Kier alpha value is 2.36. The Morgan fingerprint density at radius 3 is 1.67 bits per heavy atom. The Bertz CT molecular complexity index is 411. The summed E-state index contributed by atoms with van der Waals surface area (Å²) in [7, 11) is 0. The molecule has 4 aliphatic heterocycles. The second kappa shape index (κ2) is 6.23. The summed E-state index contributed by atoms with van der Waals surface area (Å²) in [4.78, 5) is 0. The van der Waals surface area contributed by atoms with Crippen LogP contribution in [0.5, 0.6) is 0 Å². The first-order valence-corrected chi connectivity index (χ1v) is 14.4. The standard InChI is InChI=1S/C10H8S6Se2/c1-2-12-6-5(11-1)15-7(16-6)10-17-8-9(18-10)14-4-3-13-8/h1-4H2/i7+1. The molecule has 0 aliphatic carbocycles. The van der Waals surface area contributed by atoms with Gasteiger partial charge in [-0.3, -0.25) is 0 Å². The predicted molar refractivity (Wildman–Crippen MR) is 97.6 cm³/mol. The van der Waals surface area contributed by atoms with E-state index in [-0.39, 0.29) is 0 Å². The third-order valence-corrected chi connectivity index (χ3v) is 20.1. The summed E-state index contributed by atoms with van der Waals surface area (Å²) in [5, 5.41) is 0. The van der Waals surface area contributed by atoms with Gasteiger partial charge in [0.25, 0.3) is 0 Å². The number of hydrogen-bond acceptors (Lipinski definition) is 6. The van der Waals surface area contributed by atoms with Gasteiger partial charge >= 0.3 is 147 Å². The van der Waals surface area contributed by atoms with E-state index in [9.17, 15) is 0 Å². The summed E-state index contributed by atoms with van der Waals surface area (Å²) in [6.07, 6.45) is 0. The van der Waals surface area contributed by atoms with E-state index in [2.05, 4.69) is 70.6 Å². The summed E-state index contributed by atoms with van der Waals surface area (Å²) >= 11 is 14.0. The zero-order chi connectivity index (χ0) is 11.9. The molecule has 0 bridgehead atoms. The third-order valence-electron chi connectivity index (χ3n) is 2.34. The molecule has 0 aromatic heterocycles. The van der Waals surface area contributed by atoms with Crippen LogP contribution in [0.2, 0.25) is 0 Å². The second-order valence-corrected chi connectivity index (χ2v) is 17.5. The number of hydrogen-bond donors (Lipinski definition) is 0. The molecule has 0 nitrogen and oxygen atoms in total. The fraction of sp³-hybridized carbons (Fsp3) is 0.400. The molecule has 0 saturated heterocycles. The Kier molecular flexibility index (Phi) is 4.84. The Morgan fingerprint density at radius 1 is 0.611 bits per heavy atom. The minimum absolute atomic E-state index is 0.673. The third kappa shape index (κ3) is 2.81. The van der Waals surface area contributed by atoms with Gasteiger partial charge in [0.1, 0.15) is 0 Å². The monoisotopic (exact) mass is 481 g/mol. The van der Waals surface area contributed by atoms with E-state index in [1.54, 1.807) is 20.3 Å². The van der Waals surface area contributed by atoms with Crippen molar-refractivity contribution in [3.05, 3.63) is 23.7 Å². The van der Waals surface area contributed by atoms with E-state index < -0.39 is 0 Å². The van der Waals surface area contributed by atoms with Crippen LogP contribution >= 0.6 is 70.6 Å². The summed E-state index contributed by atoms with van der Waals surface area (Å²) < 4.78 is 10.2. The van der Waals surface area contributed by atoms with Gasteiger partial charge in [-0.15, -0.1) is 0 Å². The van der Waals surface area contributed by atoms with E-state index in [4.69, 9.17) is 0 Å². The molecule has 0 fully saturated rings. The predicted octanol–water partition coefficient (Wildman–Crippen LogP) is 4.23. The van der Waals surface area contributed by atoms with Crippen molar-refractivity contribution in [2.75, 3.05) is 23.0 Å². The molecule has 96 valence electrons. The first-order valence-electron chi connectivity index (χ1n) is 5.35. The molecule has 8 heteroatoms. The molecule has 0 saturated carbocycles. The van der Waals surface area contributed by atoms with Gasteiger partial charge in [0.15, 0.2) is 0 Å². The van der Waals surface area contributed by atoms with E-state index in [0.29, 0.717) is 29.9 Å². The van der Waals surface area contributed by atoms with Crippen LogP contribution in [-0.2, 0) is 0 Å². The molecular formula is C10H8S6Se2. The quantitative estimate of drug-likeness (QED) is 0.374. The van der Waals surface area contributed by atoms with Crippen molar-refractivity contribution in [3.8, 4) is 0 Å². The average molecular weight is 479 g/mol. The summed E-state index contributed by atoms with van der Waals surface area (Å²) in [6, 6.07) is 0. The molecule has 4 rings (SSSR count). The van der Waals surface area contributed by atoms with Crippen molar-refractivity contribution in [2.45, 2.75) is 0 Å². The summed E-state index contributed by atoms with van der Waals surface area (Å²) in [5.74, 6) is 5.28. The van der Waals surface area contributed by atoms with Crippen LogP contribution in [0.25, 0.3) is 0 Å². The van der Waals surface area contributed by atoms with Gasteiger partial charge in [0, 0.05) is 0 Å².